The number of amides is 1. The highest BCUT2D eigenvalue weighted by Gasteiger charge is 2.27. The SMILES string of the molecule is CCC(CC)(CC)CNC(=O)c1nnn(C2CCNCC2)c1C. The van der Waals surface area contributed by atoms with E-state index >= 15 is 0 Å². The van der Waals surface area contributed by atoms with E-state index in [0.29, 0.717) is 18.3 Å². The molecule has 2 rings (SSSR count). The number of nitrogens with one attached hydrogen (secondary N) is 2. The fourth-order valence-corrected chi connectivity index (χ4v) is 3.43. The molecule has 6 heteroatoms. The lowest BCUT2D eigenvalue weighted by Crippen LogP contribution is -2.37. The standard InChI is InChI=1S/C17H31N5O/c1-5-17(6-2,7-3)12-19-16(23)15-13(4)22(21-20-15)14-8-10-18-11-9-14/h14,18H,5-12H2,1-4H3,(H,19,23). The summed E-state index contributed by atoms with van der Waals surface area (Å²) in [5.41, 5.74) is 1.54. The fourth-order valence-electron chi connectivity index (χ4n) is 3.43. The van der Waals surface area contributed by atoms with Gasteiger partial charge < -0.3 is 10.6 Å². The predicted octanol–water partition coefficient (Wildman–Crippen LogP) is 2.46. The molecule has 1 fully saturated rings. The molecule has 23 heavy (non-hydrogen) atoms. The van der Waals surface area contributed by atoms with Gasteiger partial charge in [0.2, 0.25) is 0 Å². The zero-order chi connectivity index (χ0) is 16.9. The number of carbonyl (C=O) groups excluding carboxylic acids is 1. The third-order valence-corrected chi connectivity index (χ3v) is 5.67. The minimum atomic E-state index is -0.0950. The Hall–Kier alpha value is -1.43. The maximum atomic E-state index is 12.5. The summed E-state index contributed by atoms with van der Waals surface area (Å²) in [6.45, 7) is 11.2. The van der Waals surface area contributed by atoms with Crippen LogP contribution in [0.3, 0.4) is 0 Å². The minimum absolute atomic E-state index is 0.0950. The smallest absolute Gasteiger partial charge is 0.273 e. The first-order valence-corrected chi connectivity index (χ1v) is 8.97. The molecule has 6 nitrogen and oxygen atoms in total. The maximum Gasteiger partial charge on any atom is 0.273 e. The second kappa shape index (κ2) is 7.90. The fraction of sp³-hybridized carbons (Fsp3) is 0.824. The zero-order valence-corrected chi connectivity index (χ0v) is 15.0. The van der Waals surface area contributed by atoms with E-state index < -0.39 is 0 Å². The van der Waals surface area contributed by atoms with Crippen LogP contribution in [0.15, 0.2) is 0 Å². The summed E-state index contributed by atoms with van der Waals surface area (Å²) in [5, 5.41) is 14.8. The highest BCUT2D eigenvalue weighted by molar-refractivity contribution is 5.93. The van der Waals surface area contributed by atoms with Crippen molar-refractivity contribution in [1.29, 1.82) is 0 Å². The van der Waals surface area contributed by atoms with Crippen molar-refractivity contribution in [2.24, 2.45) is 5.41 Å². The van der Waals surface area contributed by atoms with E-state index in [4.69, 9.17) is 0 Å². The molecule has 0 spiro atoms. The Morgan fingerprint density at radius 3 is 2.43 bits per heavy atom. The van der Waals surface area contributed by atoms with Crippen molar-refractivity contribution in [3.05, 3.63) is 11.4 Å². The second-order valence-electron chi connectivity index (χ2n) is 6.69. The van der Waals surface area contributed by atoms with Crippen molar-refractivity contribution in [2.45, 2.75) is 65.8 Å². The lowest BCUT2D eigenvalue weighted by atomic mass is 9.80. The van der Waals surface area contributed by atoms with Gasteiger partial charge in [0.05, 0.1) is 11.7 Å². The molecule has 0 bridgehead atoms. The largest absolute Gasteiger partial charge is 0.350 e. The molecule has 0 unspecified atom stereocenters. The van der Waals surface area contributed by atoms with Crippen LogP contribution in [-0.2, 0) is 0 Å². The second-order valence-corrected chi connectivity index (χ2v) is 6.69. The number of hydrogen-bond acceptors (Lipinski definition) is 4. The lowest BCUT2D eigenvalue weighted by Gasteiger charge is -2.30. The maximum absolute atomic E-state index is 12.5. The summed E-state index contributed by atoms with van der Waals surface area (Å²) >= 11 is 0. The Balaban J connectivity index is 2.04. The van der Waals surface area contributed by atoms with Crippen LogP contribution >= 0.6 is 0 Å². The lowest BCUT2D eigenvalue weighted by molar-refractivity contribution is 0.0918. The van der Waals surface area contributed by atoms with Gasteiger partial charge in [-0.25, -0.2) is 4.68 Å². The van der Waals surface area contributed by atoms with E-state index in [1.165, 1.54) is 0 Å². The van der Waals surface area contributed by atoms with Crippen molar-refractivity contribution < 1.29 is 4.79 Å². The van der Waals surface area contributed by atoms with E-state index in [9.17, 15) is 4.79 Å². The Labute approximate surface area is 139 Å². The van der Waals surface area contributed by atoms with Gasteiger partial charge in [0, 0.05) is 6.54 Å². The molecule has 1 aromatic heterocycles. The molecular formula is C17H31N5O. The summed E-state index contributed by atoms with van der Waals surface area (Å²) < 4.78 is 1.93. The molecule has 2 heterocycles. The third kappa shape index (κ3) is 3.91. The van der Waals surface area contributed by atoms with Gasteiger partial charge in [-0.2, -0.15) is 0 Å². The predicted molar refractivity (Wildman–Crippen MR) is 91.5 cm³/mol. The average Bonchev–Trinajstić information content (AvgIpc) is 2.99. The number of rotatable bonds is 7. The summed E-state index contributed by atoms with van der Waals surface area (Å²) in [4.78, 5) is 12.5. The van der Waals surface area contributed by atoms with Crippen LogP contribution in [0.5, 0.6) is 0 Å². The van der Waals surface area contributed by atoms with Crippen molar-refractivity contribution in [3.63, 3.8) is 0 Å². The topological polar surface area (TPSA) is 71.8 Å². The first kappa shape index (κ1) is 17.9. The Morgan fingerprint density at radius 2 is 1.87 bits per heavy atom. The van der Waals surface area contributed by atoms with Crippen molar-refractivity contribution in [3.8, 4) is 0 Å². The van der Waals surface area contributed by atoms with E-state index in [1.54, 1.807) is 0 Å². The van der Waals surface area contributed by atoms with Gasteiger partial charge in [-0.3, -0.25) is 4.79 Å². The van der Waals surface area contributed by atoms with Gasteiger partial charge in [-0.05, 0) is 57.5 Å². The van der Waals surface area contributed by atoms with Gasteiger partial charge in [0.25, 0.3) is 5.91 Å². The molecular weight excluding hydrogens is 290 g/mol. The molecule has 130 valence electrons. The Bertz CT molecular complexity index is 507. The number of carbonyl (C=O) groups is 1. The van der Waals surface area contributed by atoms with Crippen LogP contribution in [-0.4, -0.2) is 40.5 Å². The molecule has 1 aliphatic heterocycles. The number of piperidine rings is 1. The minimum Gasteiger partial charge on any atom is -0.350 e. The third-order valence-electron chi connectivity index (χ3n) is 5.67. The van der Waals surface area contributed by atoms with Crippen molar-refractivity contribution in [2.75, 3.05) is 19.6 Å². The summed E-state index contributed by atoms with van der Waals surface area (Å²) in [6, 6.07) is 0.353. The van der Waals surface area contributed by atoms with Crippen LogP contribution < -0.4 is 10.6 Å². The van der Waals surface area contributed by atoms with Crippen LogP contribution in [0.1, 0.15) is 75.1 Å². The van der Waals surface area contributed by atoms with Crippen LogP contribution in [0, 0.1) is 12.3 Å². The number of aromatic nitrogens is 3. The number of nitrogens with zero attached hydrogens (tertiary/aromatic N) is 3. The highest BCUT2D eigenvalue weighted by atomic mass is 16.2. The normalized spacial score (nSPS) is 16.5. The van der Waals surface area contributed by atoms with Crippen LogP contribution in [0.4, 0.5) is 0 Å². The first-order chi connectivity index (χ1) is 11.1. The van der Waals surface area contributed by atoms with Crippen LogP contribution in [0.2, 0.25) is 0 Å². The van der Waals surface area contributed by atoms with Gasteiger partial charge in [-0.1, -0.05) is 26.0 Å². The average molecular weight is 321 g/mol. The molecule has 1 amide bonds. The summed E-state index contributed by atoms with van der Waals surface area (Å²) in [7, 11) is 0. The molecule has 1 aliphatic rings. The Kier molecular flexibility index (Phi) is 6.16. The van der Waals surface area contributed by atoms with Gasteiger partial charge in [-0.15, -0.1) is 5.10 Å². The van der Waals surface area contributed by atoms with Gasteiger partial charge in [0.15, 0.2) is 5.69 Å². The quantitative estimate of drug-likeness (QED) is 0.809. The molecule has 1 aromatic rings. The molecule has 0 aliphatic carbocycles. The van der Waals surface area contributed by atoms with Crippen LogP contribution in [0.25, 0.3) is 0 Å². The molecule has 0 saturated carbocycles. The van der Waals surface area contributed by atoms with E-state index in [1.807, 2.05) is 11.6 Å². The van der Waals surface area contributed by atoms with Gasteiger partial charge >= 0.3 is 0 Å². The van der Waals surface area contributed by atoms with Crippen molar-refractivity contribution in [1.82, 2.24) is 25.6 Å². The van der Waals surface area contributed by atoms with Gasteiger partial charge in [0.1, 0.15) is 0 Å². The number of hydrogen-bond donors (Lipinski definition) is 2. The first-order valence-electron chi connectivity index (χ1n) is 8.97. The van der Waals surface area contributed by atoms with Crippen molar-refractivity contribution >= 4 is 5.91 Å². The molecule has 0 aromatic carbocycles. The summed E-state index contributed by atoms with van der Waals surface area (Å²) in [5.74, 6) is -0.0950. The molecule has 0 atom stereocenters. The Morgan fingerprint density at radius 1 is 1.26 bits per heavy atom. The summed E-state index contributed by atoms with van der Waals surface area (Å²) in [6.07, 6.45) is 5.29. The van der Waals surface area contributed by atoms with E-state index in [0.717, 1.165) is 50.9 Å². The molecule has 0 radical (unpaired) electrons. The molecule has 1 saturated heterocycles. The molecule has 2 N–H and O–H groups in total. The van der Waals surface area contributed by atoms with E-state index in [2.05, 4.69) is 41.7 Å². The highest BCUT2D eigenvalue weighted by Crippen LogP contribution is 2.29. The van der Waals surface area contributed by atoms with E-state index in [-0.39, 0.29) is 11.3 Å². The zero-order valence-electron chi connectivity index (χ0n) is 15.0. The monoisotopic (exact) mass is 321 g/mol.